The quantitative estimate of drug-likeness (QED) is 0.696. The standard InChI is InChI=1S/C21H23N3O3/c1-13-7-9-23-21-15(13)8-10-24(21)16-11-18(20(26)19(16)25)27-17-6-4-3-5-14(17)12-22-2/h3-10,12,16,18-20,25-26H,11H2,1-2H3/t16-,18+,19+,20-/m1/s1. The van der Waals surface area contributed by atoms with Gasteiger partial charge in [0.25, 0.3) is 0 Å². The van der Waals surface area contributed by atoms with Crippen LogP contribution in [0.2, 0.25) is 0 Å². The number of ether oxygens (including phenoxy) is 1. The highest BCUT2D eigenvalue weighted by atomic mass is 16.5. The molecule has 140 valence electrons. The summed E-state index contributed by atoms with van der Waals surface area (Å²) in [6.07, 6.45) is 3.46. The molecule has 1 aliphatic carbocycles. The summed E-state index contributed by atoms with van der Waals surface area (Å²) >= 11 is 0. The number of aliphatic hydroxyl groups excluding tert-OH is 2. The topological polar surface area (TPSA) is 79.9 Å². The number of aromatic nitrogens is 2. The minimum atomic E-state index is -0.983. The van der Waals surface area contributed by atoms with Crippen LogP contribution in [0, 0.1) is 6.92 Å². The molecule has 2 heterocycles. The molecular formula is C21H23N3O3. The van der Waals surface area contributed by atoms with Gasteiger partial charge in [0.05, 0.1) is 6.04 Å². The Bertz CT molecular complexity index is 982. The molecule has 0 radical (unpaired) electrons. The second kappa shape index (κ2) is 7.13. The molecular weight excluding hydrogens is 342 g/mol. The molecule has 1 saturated carbocycles. The Morgan fingerprint density at radius 3 is 2.81 bits per heavy atom. The van der Waals surface area contributed by atoms with Crippen molar-refractivity contribution in [3.8, 4) is 5.75 Å². The van der Waals surface area contributed by atoms with Gasteiger partial charge in [-0.15, -0.1) is 0 Å². The summed E-state index contributed by atoms with van der Waals surface area (Å²) in [5.74, 6) is 0.645. The summed E-state index contributed by atoms with van der Waals surface area (Å²) in [5.41, 5.74) is 2.78. The SMILES string of the molecule is CN=Cc1ccccc1O[C@H]1C[C@@H](n2ccc3c(C)ccnc32)[C@H](O)[C@@H]1O. The number of aliphatic imine (C=N–C) groups is 1. The van der Waals surface area contributed by atoms with Crippen LogP contribution in [0.1, 0.15) is 23.6 Å². The lowest BCUT2D eigenvalue weighted by atomic mass is 10.2. The van der Waals surface area contributed by atoms with E-state index in [1.165, 1.54) is 0 Å². The van der Waals surface area contributed by atoms with E-state index in [2.05, 4.69) is 9.98 Å². The molecule has 0 amide bonds. The first-order valence-corrected chi connectivity index (χ1v) is 9.06. The zero-order chi connectivity index (χ0) is 19.0. The first kappa shape index (κ1) is 17.7. The average molecular weight is 365 g/mol. The molecule has 0 aliphatic heterocycles. The third kappa shape index (κ3) is 3.11. The lowest BCUT2D eigenvalue weighted by Crippen LogP contribution is -2.34. The number of hydrogen-bond donors (Lipinski definition) is 2. The van der Waals surface area contributed by atoms with Crippen molar-refractivity contribution in [2.45, 2.75) is 37.7 Å². The molecule has 0 saturated heterocycles. The van der Waals surface area contributed by atoms with Gasteiger partial charge >= 0.3 is 0 Å². The summed E-state index contributed by atoms with van der Waals surface area (Å²) in [5, 5.41) is 22.3. The highest BCUT2D eigenvalue weighted by Crippen LogP contribution is 2.36. The first-order valence-electron chi connectivity index (χ1n) is 9.06. The normalized spacial score (nSPS) is 25.5. The van der Waals surface area contributed by atoms with Crippen LogP contribution in [0.5, 0.6) is 5.75 Å². The largest absolute Gasteiger partial charge is 0.487 e. The smallest absolute Gasteiger partial charge is 0.140 e. The molecule has 1 aliphatic rings. The number of para-hydroxylation sites is 1. The van der Waals surface area contributed by atoms with Crippen LogP contribution in [-0.4, -0.2) is 51.3 Å². The Hall–Kier alpha value is -2.70. The summed E-state index contributed by atoms with van der Waals surface area (Å²) in [4.78, 5) is 8.51. The number of pyridine rings is 1. The molecule has 4 atom stereocenters. The molecule has 27 heavy (non-hydrogen) atoms. The Labute approximate surface area is 157 Å². The van der Waals surface area contributed by atoms with E-state index in [9.17, 15) is 10.2 Å². The molecule has 1 aromatic carbocycles. The van der Waals surface area contributed by atoms with Crippen LogP contribution in [0.3, 0.4) is 0 Å². The number of aliphatic hydroxyl groups is 2. The Kier molecular flexibility index (Phi) is 4.68. The van der Waals surface area contributed by atoms with E-state index in [1.54, 1.807) is 19.5 Å². The van der Waals surface area contributed by atoms with Crippen molar-refractivity contribution in [2.75, 3.05) is 7.05 Å². The maximum absolute atomic E-state index is 10.7. The van der Waals surface area contributed by atoms with Crippen LogP contribution in [0.4, 0.5) is 0 Å². The summed E-state index contributed by atoms with van der Waals surface area (Å²) in [7, 11) is 1.70. The van der Waals surface area contributed by atoms with E-state index in [4.69, 9.17) is 4.74 Å². The van der Waals surface area contributed by atoms with Gasteiger partial charge in [-0.25, -0.2) is 4.98 Å². The number of benzene rings is 1. The first-order chi connectivity index (χ1) is 13.1. The third-order valence-electron chi connectivity index (χ3n) is 5.26. The zero-order valence-corrected chi connectivity index (χ0v) is 15.4. The Morgan fingerprint density at radius 1 is 1.19 bits per heavy atom. The van der Waals surface area contributed by atoms with E-state index < -0.39 is 18.3 Å². The summed E-state index contributed by atoms with van der Waals surface area (Å²) in [6.45, 7) is 2.03. The molecule has 0 bridgehead atoms. The van der Waals surface area contributed by atoms with Gasteiger partial charge in [0.2, 0.25) is 0 Å². The fourth-order valence-corrected chi connectivity index (χ4v) is 3.82. The number of aryl methyl sites for hydroxylation is 1. The molecule has 1 fully saturated rings. The van der Waals surface area contributed by atoms with Crippen molar-refractivity contribution >= 4 is 17.2 Å². The predicted octanol–water partition coefficient (Wildman–Crippen LogP) is 2.51. The highest BCUT2D eigenvalue weighted by Gasteiger charge is 2.44. The van der Waals surface area contributed by atoms with Crippen molar-refractivity contribution in [1.82, 2.24) is 9.55 Å². The number of fused-ring (bicyclic) bond motifs is 1. The van der Waals surface area contributed by atoms with E-state index in [-0.39, 0.29) is 6.04 Å². The predicted molar refractivity (Wildman–Crippen MR) is 105 cm³/mol. The van der Waals surface area contributed by atoms with Gasteiger partial charge in [0.15, 0.2) is 0 Å². The van der Waals surface area contributed by atoms with Crippen LogP contribution in [0.25, 0.3) is 11.0 Å². The fraction of sp³-hybridized carbons (Fsp3) is 0.333. The van der Waals surface area contributed by atoms with Crippen molar-refractivity contribution in [3.05, 3.63) is 59.9 Å². The van der Waals surface area contributed by atoms with Crippen LogP contribution in [-0.2, 0) is 0 Å². The lowest BCUT2D eigenvalue weighted by molar-refractivity contribution is -0.0164. The highest BCUT2D eigenvalue weighted by molar-refractivity contribution is 5.83. The maximum atomic E-state index is 10.7. The molecule has 0 spiro atoms. The van der Waals surface area contributed by atoms with Crippen molar-refractivity contribution in [3.63, 3.8) is 0 Å². The molecule has 6 nitrogen and oxygen atoms in total. The molecule has 4 rings (SSSR count). The van der Waals surface area contributed by atoms with E-state index in [0.717, 1.165) is 22.2 Å². The number of rotatable bonds is 4. The monoisotopic (exact) mass is 365 g/mol. The molecule has 3 aromatic rings. The van der Waals surface area contributed by atoms with Crippen LogP contribution in [0.15, 0.2) is 53.8 Å². The van der Waals surface area contributed by atoms with Gasteiger partial charge in [-0.3, -0.25) is 4.99 Å². The van der Waals surface area contributed by atoms with E-state index in [1.807, 2.05) is 54.1 Å². The van der Waals surface area contributed by atoms with Gasteiger partial charge in [-0.1, -0.05) is 12.1 Å². The van der Waals surface area contributed by atoms with Crippen LogP contribution >= 0.6 is 0 Å². The summed E-state index contributed by atoms with van der Waals surface area (Å²) in [6, 6.07) is 11.2. The fourth-order valence-electron chi connectivity index (χ4n) is 3.82. The van der Waals surface area contributed by atoms with Crippen molar-refractivity contribution in [1.29, 1.82) is 0 Å². The molecule has 2 aromatic heterocycles. The minimum Gasteiger partial charge on any atom is -0.487 e. The van der Waals surface area contributed by atoms with Crippen LogP contribution < -0.4 is 4.74 Å². The molecule has 2 N–H and O–H groups in total. The van der Waals surface area contributed by atoms with Gasteiger partial charge in [-0.2, -0.15) is 0 Å². The molecule has 6 heteroatoms. The van der Waals surface area contributed by atoms with Gasteiger partial charge in [0, 0.05) is 43.0 Å². The van der Waals surface area contributed by atoms with E-state index in [0.29, 0.717) is 12.2 Å². The summed E-state index contributed by atoms with van der Waals surface area (Å²) < 4.78 is 8.01. The van der Waals surface area contributed by atoms with Crippen molar-refractivity contribution in [2.24, 2.45) is 4.99 Å². The minimum absolute atomic E-state index is 0.302. The number of hydrogen-bond acceptors (Lipinski definition) is 5. The second-order valence-electron chi connectivity index (χ2n) is 6.95. The van der Waals surface area contributed by atoms with Crippen molar-refractivity contribution < 1.29 is 14.9 Å². The van der Waals surface area contributed by atoms with Gasteiger partial charge in [-0.05, 0) is 36.8 Å². The maximum Gasteiger partial charge on any atom is 0.140 e. The Balaban J connectivity index is 1.62. The molecule has 0 unspecified atom stereocenters. The zero-order valence-electron chi connectivity index (χ0n) is 15.4. The van der Waals surface area contributed by atoms with Gasteiger partial charge < -0.3 is 19.5 Å². The lowest BCUT2D eigenvalue weighted by Gasteiger charge is -2.19. The van der Waals surface area contributed by atoms with Gasteiger partial charge in [0.1, 0.15) is 29.7 Å². The third-order valence-corrected chi connectivity index (χ3v) is 5.26. The van der Waals surface area contributed by atoms with E-state index >= 15 is 0 Å². The average Bonchev–Trinajstić information content (AvgIpc) is 3.21. The number of nitrogens with zero attached hydrogens (tertiary/aromatic N) is 3. The Morgan fingerprint density at radius 2 is 2.00 bits per heavy atom. The second-order valence-corrected chi connectivity index (χ2v) is 6.95.